The zero-order valence-electron chi connectivity index (χ0n) is 13.3. The van der Waals surface area contributed by atoms with E-state index in [0.717, 1.165) is 11.3 Å². The second-order valence-corrected chi connectivity index (χ2v) is 5.52. The highest BCUT2D eigenvalue weighted by molar-refractivity contribution is 5.44. The van der Waals surface area contributed by atoms with Crippen molar-refractivity contribution in [2.45, 2.75) is 65.6 Å². The molecule has 3 heteroatoms. The molecule has 0 aliphatic carbocycles. The molecule has 0 aliphatic rings. The van der Waals surface area contributed by atoms with Crippen LogP contribution in [-0.4, -0.2) is 29.0 Å². The van der Waals surface area contributed by atoms with Crippen molar-refractivity contribution in [1.82, 2.24) is 0 Å². The van der Waals surface area contributed by atoms with Gasteiger partial charge in [0.1, 0.15) is 5.75 Å². The SMILES string of the molecule is CCOc1ccc(C(C)CC(O)C(O)CC)c(C)c1C. The maximum atomic E-state index is 9.97. The Hall–Kier alpha value is -1.06. The fraction of sp³-hybridized carbons (Fsp3) is 0.647. The minimum absolute atomic E-state index is 0.209. The molecule has 0 aromatic heterocycles. The molecular weight excluding hydrogens is 252 g/mol. The summed E-state index contributed by atoms with van der Waals surface area (Å²) >= 11 is 0. The minimum atomic E-state index is -0.665. The molecule has 2 N–H and O–H groups in total. The van der Waals surface area contributed by atoms with Crippen LogP contribution in [-0.2, 0) is 0 Å². The smallest absolute Gasteiger partial charge is 0.122 e. The van der Waals surface area contributed by atoms with Gasteiger partial charge >= 0.3 is 0 Å². The molecule has 0 bridgehead atoms. The number of benzene rings is 1. The van der Waals surface area contributed by atoms with Crippen molar-refractivity contribution in [3.8, 4) is 5.75 Å². The van der Waals surface area contributed by atoms with E-state index >= 15 is 0 Å². The second kappa shape index (κ2) is 7.65. The van der Waals surface area contributed by atoms with Crippen molar-refractivity contribution in [2.75, 3.05) is 6.61 Å². The zero-order valence-corrected chi connectivity index (χ0v) is 13.3. The monoisotopic (exact) mass is 280 g/mol. The lowest BCUT2D eigenvalue weighted by molar-refractivity contribution is 0.00950. The summed E-state index contributed by atoms with van der Waals surface area (Å²) in [5.41, 5.74) is 3.58. The minimum Gasteiger partial charge on any atom is -0.494 e. The van der Waals surface area contributed by atoms with Gasteiger partial charge in [-0.25, -0.2) is 0 Å². The predicted octanol–water partition coefficient (Wildman–Crippen LogP) is 3.33. The van der Waals surface area contributed by atoms with Crippen LogP contribution in [0.3, 0.4) is 0 Å². The summed E-state index contributed by atoms with van der Waals surface area (Å²) in [6.07, 6.45) is -0.152. The van der Waals surface area contributed by atoms with Gasteiger partial charge in [-0.3, -0.25) is 0 Å². The van der Waals surface area contributed by atoms with Crippen LogP contribution in [0.25, 0.3) is 0 Å². The van der Waals surface area contributed by atoms with Gasteiger partial charge in [-0.15, -0.1) is 0 Å². The van der Waals surface area contributed by atoms with Crippen LogP contribution in [0, 0.1) is 13.8 Å². The standard InChI is InChI=1S/C17H28O3/c1-6-15(18)16(19)10-11(3)14-8-9-17(20-7-2)13(5)12(14)4/h8-9,11,15-16,18-19H,6-7,10H2,1-5H3. The molecule has 0 saturated heterocycles. The molecule has 0 saturated carbocycles. The zero-order chi connectivity index (χ0) is 15.3. The van der Waals surface area contributed by atoms with Crippen LogP contribution >= 0.6 is 0 Å². The van der Waals surface area contributed by atoms with Gasteiger partial charge in [-0.1, -0.05) is 19.9 Å². The quantitative estimate of drug-likeness (QED) is 0.805. The highest BCUT2D eigenvalue weighted by Crippen LogP contribution is 2.31. The van der Waals surface area contributed by atoms with Gasteiger partial charge in [0.2, 0.25) is 0 Å². The molecule has 3 nitrogen and oxygen atoms in total. The number of rotatable bonds is 7. The molecule has 20 heavy (non-hydrogen) atoms. The third-order valence-electron chi connectivity index (χ3n) is 4.07. The first kappa shape index (κ1) is 17.0. The summed E-state index contributed by atoms with van der Waals surface area (Å²) in [6.45, 7) is 10.8. The maximum Gasteiger partial charge on any atom is 0.122 e. The molecule has 0 aliphatic heterocycles. The van der Waals surface area contributed by atoms with E-state index in [1.54, 1.807) is 0 Å². The third kappa shape index (κ3) is 3.97. The molecule has 0 fully saturated rings. The van der Waals surface area contributed by atoms with Gasteiger partial charge < -0.3 is 14.9 Å². The lowest BCUT2D eigenvalue weighted by Crippen LogP contribution is -2.26. The molecule has 0 heterocycles. The predicted molar refractivity (Wildman–Crippen MR) is 82.4 cm³/mol. The average molecular weight is 280 g/mol. The fourth-order valence-corrected chi connectivity index (χ4v) is 2.58. The number of aliphatic hydroxyl groups is 2. The Bertz CT molecular complexity index is 428. The highest BCUT2D eigenvalue weighted by atomic mass is 16.5. The Balaban J connectivity index is 2.88. The van der Waals surface area contributed by atoms with E-state index in [2.05, 4.69) is 26.8 Å². The topological polar surface area (TPSA) is 49.7 Å². The summed E-state index contributed by atoms with van der Waals surface area (Å²) in [5, 5.41) is 19.7. The van der Waals surface area contributed by atoms with Crippen LogP contribution in [0.2, 0.25) is 0 Å². The summed E-state index contributed by atoms with van der Waals surface area (Å²) < 4.78 is 5.60. The molecule has 1 aromatic carbocycles. The van der Waals surface area contributed by atoms with Crippen LogP contribution < -0.4 is 4.74 Å². The van der Waals surface area contributed by atoms with Crippen molar-refractivity contribution in [3.05, 3.63) is 28.8 Å². The summed E-state index contributed by atoms with van der Waals surface area (Å²) in [6, 6.07) is 4.07. The van der Waals surface area contributed by atoms with Crippen LogP contribution in [0.15, 0.2) is 12.1 Å². The van der Waals surface area contributed by atoms with E-state index in [0.29, 0.717) is 19.4 Å². The summed E-state index contributed by atoms with van der Waals surface area (Å²) in [5.74, 6) is 1.13. The van der Waals surface area contributed by atoms with Gasteiger partial charge in [0.25, 0.3) is 0 Å². The van der Waals surface area contributed by atoms with Gasteiger partial charge in [0, 0.05) is 0 Å². The Morgan fingerprint density at radius 1 is 1.05 bits per heavy atom. The lowest BCUT2D eigenvalue weighted by Gasteiger charge is -2.23. The number of hydrogen-bond donors (Lipinski definition) is 2. The molecule has 1 aromatic rings. The molecule has 0 radical (unpaired) electrons. The Kier molecular flexibility index (Phi) is 6.50. The Morgan fingerprint density at radius 2 is 1.70 bits per heavy atom. The van der Waals surface area contributed by atoms with Crippen LogP contribution in [0.4, 0.5) is 0 Å². The molecular formula is C17H28O3. The van der Waals surface area contributed by atoms with Crippen LogP contribution in [0.5, 0.6) is 5.75 Å². The third-order valence-corrected chi connectivity index (χ3v) is 4.07. The summed E-state index contributed by atoms with van der Waals surface area (Å²) in [7, 11) is 0. The largest absolute Gasteiger partial charge is 0.494 e. The van der Waals surface area contributed by atoms with Gasteiger partial charge in [-0.05, 0) is 62.3 Å². The van der Waals surface area contributed by atoms with Crippen LogP contribution in [0.1, 0.15) is 56.2 Å². The van der Waals surface area contributed by atoms with Gasteiger partial charge in [-0.2, -0.15) is 0 Å². The molecule has 1 rings (SSSR count). The Labute approximate surface area is 122 Å². The molecule has 3 atom stereocenters. The first-order valence-electron chi connectivity index (χ1n) is 7.51. The lowest BCUT2D eigenvalue weighted by atomic mass is 9.88. The first-order chi connectivity index (χ1) is 9.42. The fourth-order valence-electron chi connectivity index (χ4n) is 2.58. The normalized spacial score (nSPS) is 15.8. The first-order valence-corrected chi connectivity index (χ1v) is 7.51. The van der Waals surface area contributed by atoms with E-state index in [1.807, 2.05) is 19.9 Å². The van der Waals surface area contributed by atoms with Crippen molar-refractivity contribution in [2.24, 2.45) is 0 Å². The number of ether oxygens (including phenoxy) is 1. The van der Waals surface area contributed by atoms with Crippen molar-refractivity contribution >= 4 is 0 Å². The van der Waals surface area contributed by atoms with Crippen molar-refractivity contribution < 1.29 is 14.9 Å². The molecule has 0 spiro atoms. The van der Waals surface area contributed by atoms with E-state index in [-0.39, 0.29) is 5.92 Å². The van der Waals surface area contributed by atoms with E-state index in [9.17, 15) is 10.2 Å². The Morgan fingerprint density at radius 3 is 2.25 bits per heavy atom. The maximum absolute atomic E-state index is 9.97. The second-order valence-electron chi connectivity index (χ2n) is 5.52. The van der Waals surface area contributed by atoms with Gasteiger partial charge in [0.15, 0.2) is 0 Å². The van der Waals surface area contributed by atoms with Crippen molar-refractivity contribution in [1.29, 1.82) is 0 Å². The van der Waals surface area contributed by atoms with E-state index in [4.69, 9.17) is 4.74 Å². The summed E-state index contributed by atoms with van der Waals surface area (Å²) in [4.78, 5) is 0. The number of aliphatic hydroxyl groups excluding tert-OH is 2. The molecule has 3 unspecified atom stereocenters. The van der Waals surface area contributed by atoms with Crippen molar-refractivity contribution in [3.63, 3.8) is 0 Å². The van der Waals surface area contributed by atoms with E-state index in [1.165, 1.54) is 11.1 Å². The van der Waals surface area contributed by atoms with E-state index < -0.39 is 12.2 Å². The molecule has 0 amide bonds. The number of hydrogen-bond acceptors (Lipinski definition) is 3. The highest BCUT2D eigenvalue weighted by Gasteiger charge is 2.20. The molecule has 114 valence electrons. The van der Waals surface area contributed by atoms with Gasteiger partial charge in [0.05, 0.1) is 18.8 Å². The average Bonchev–Trinajstić information content (AvgIpc) is 2.43.